The SMILES string of the molecule is CCc1nc(C(=O)Nc2ccc(F)c(C#N)c2)nn1-c1c(Cl)cccc1Cl. The van der Waals surface area contributed by atoms with Gasteiger partial charge in [0.05, 0.1) is 15.6 Å². The van der Waals surface area contributed by atoms with Gasteiger partial charge in [-0.05, 0) is 30.3 Å². The van der Waals surface area contributed by atoms with Crippen molar-refractivity contribution in [1.29, 1.82) is 5.26 Å². The molecule has 0 aliphatic rings. The van der Waals surface area contributed by atoms with Crippen molar-refractivity contribution in [2.75, 3.05) is 5.32 Å². The van der Waals surface area contributed by atoms with Crippen LogP contribution in [-0.4, -0.2) is 20.7 Å². The molecule has 1 aromatic heterocycles. The molecule has 2 aromatic carbocycles. The van der Waals surface area contributed by atoms with Crippen LogP contribution < -0.4 is 5.32 Å². The first-order valence-electron chi connectivity index (χ1n) is 7.86. The van der Waals surface area contributed by atoms with Crippen LogP contribution >= 0.6 is 23.2 Å². The second-order valence-corrected chi connectivity index (χ2v) is 6.26. The number of carbonyl (C=O) groups excluding carboxylic acids is 1. The molecule has 3 aromatic rings. The second kappa shape index (κ2) is 7.74. The van der Waals surface area contributed by atoms with Crippen molar-refractivity contribution in [2.45, 2.75) is 13.3 Å². The lowest BCUT2D eigenvalue weighted by molar-refractivity contribution is 0.101. The zero-order chi connectivity index (χ0) is 19.6. The number of benzene rings is 2. The number of hydrogen-bond donors (Lipinski definition) is 1. The molecule has 0 aliphatic heterocycles. The molecule has 6 nitrogen and oxygen atoms in total. The fourth-order valence-corrected chi connectivity index (χ4v) is 2.97. The van der Waals surface area contributed by atoms with E-state index in [1.54, 1.807) is 24.3 Å². The van der Waals surface area contributed by atoms with E-state index in [-0.39, 0.29) is 17.1 Å². The second-order valence-electron chi connectivity index (χ2n) is 5.45. The molecule has 27 heavy (non-hydrogen) atoms. The Bertz CT molecular complexity index is 1050. The summed E-state index contributed by atoms with van der Waals surface area (Å²) in [6, 6.07) is 10.4. The van der Waals surface area contributed by atoms with E-state index in [0.717, 1.165) is 6.07 Å². The highest BCUT2D eigenvalue weighted by molar-refractivity contribution is 6.37. The third-order valence-corrected chi connectivity index (χ3v) is 4.30. The van der Waals surface area contributed by atoms with Gasteiger partial charge in [0.2, 0.25) is 5.82 Å². The number of nitrogens with one attached hydrogen (secondary N) is 1. The Hall–Kier alpha value is -2.95. The van der Waals surface area contributed by atoms with E-state index in [4.69, 9.17) is 28.5 Å². The van der Waals surface area contributed by atoms with E-state index < -0.39 is 11.7 Å². The third-order valence-electron chi connectivity index (χ3n) is 3.69. The molecule has 0 fully saturated rings. The zero-order valence-electron chi connectivity index (χ0n) is 14.0. The van der Waals surface area contributed by atoms with Crippen molar-refractivity contribution < 1.29 is 9.18 Å². The number of amides is 1. The molecule has 1 heterocycles. The molecule has 1 N–H and O–H groups in total. The van der Waals surface area contributed by atoms with E-state index in [1.165, 1.54) is 16.8 Å². The van der Waals surface area contributed by atoms with E-state index in [0.29, 0.717) is 28.0 Å². The van der Waals surface area contributed by atoms with Crippen LogP contribution in [0.1, 0.15) is 28.9 Å². The van der Waals surface area contributed by atoms with Crippen LogP contribution in [-0.2, 0) is 6.42 Å². The van der Waals surface area contributed by atoms with Crippen LogP contribution in [0, 0.1) is 17.1 Å². The molecular formula is C18H12Cl2FN5O. The summed E-state index contributed by atoms with van der Waals surface area (Å²) in [5.41, 5.74) is 0.504. The van der Waals surface area contributed by atoms with Gasteiger partial charge in [0, 0.05) is 12.1 Å². The predicted octanol–water partition coefficient (Wildman–Crippen LogP) is 4.40. The Kier molecular flexibility index (Phi) is 5.40. The summed E-state index contributed by atoms with van der Waals surface area (Å²) in [6.45, 7) is 1.85. The smallest absolute Gasteiger partial charge is 0.295 e. The Labute approximate surface area is 164 Å². The van der Waals surface area contributed by atoms with Crippen molar-refractivity contribution >= 4 is 34.8 Å². The minimum Gasteiger partial charge on any atom is -0.319 e. The van der Waals surface area contributed by atoms with Gasteiger partial charge in [-0.15, -0.1) is 5.10 Å². The predicted molar refractivity (Wildman–Crippen MR) is 99.8 cm³/mol. The quantitative estimate of drug-likeness (QED) is 0.699. The van der Waals surface area contributed by atoms with Crippen LogP contribution in [0.3, 0.4) is 0 Å². The summed E-state index contributed by atoms with van der Waals surface area (Å²) in [5, 5.41) is 16.4. The Morgan fingerprint density at radius 3 is 2.63 bits per heavy atom. The van der Waals surface area contributed by atoms with Gasteiger partial charge in [0.15, 0.2) is 0 Å². The minimum absolute atomic E-state index is 0.106. The van der Waals surface area contributed by atoms with Gasteiger partial charge in [-0.2, -0.15) is 5.26 Å². The molecule has 0 atom stereocenters. The van der Waals surface area contributed by atoms with Crippen molar-refractivity contribution in [2.24, 2.45) is 0 Å². The van der Waals surface area contributed by atoms with Crippen LogP contribution in [0.15, 0.2) is 36.4 Å². The number of aromatic nitrogens is 3. The van der Waals surface area contributed by atoms with Crippen molar-refractivity contribution in [3.8, 4) is 11.8 Å². The highest BCUT2D eigenvalue weighted by Crippen LogP contribution is 2.28. The summed E-state index contributed by atoms with van der Waals surface area (Å²) in [4.78, 5) is 16.7. The van der Waals surface area contributed by atoms with Gasteiger partial charge in [0.1, 0.15) is 23.4 Å². The first kappa shape index (κ1) is 18.8. The molecule has 0 spiro atoms. The molecule has 0 aliphatic carbocycles. The highest BCUT2D eigenvalue weighted by atomic mass is 35.5. The lowest BCUT2D eigenvalue weighted by Gasteiger charge is -2.08. The molecule has 0 radical (unpaired) electrons. The highest BCUT2D eigenvalue weighted by Gasteiger charge is 2.20. The van der Waals surface area contributed by atoms with Gasteiger partial charge in [0.25, 0.3) is 5.91 Å². The van der Waals surface area contributed by atoms with Gasteiger partial charge < -0.3 is 5.32 Å². The summed E-state index contributed by atoms with van der Waals surface area (Å²) in [5.74, 6) is -0.890. The standard InChI is InChI=1S/C18H12Cl2FN5O/c1-2-15-24-17(25-26(15)16-12(19)4-3-5-13(16)20)18(27)23-11-6-7-14(21)10(8-11)9-22/h3-8H,2H2,1H3,(H,23,27). The summed E-state index contributed by atoms with van der Waals surface area (Å²) in [6.07, 6.45) is 0.483. The summed E-state index contributed by atoms with van der Waals surface area (Å²) < 4.78 is 14.8. The van der Waals surface area contributed by atoms with Gasteiger partial charge in [-0.3, -0.25) is 4.79 Å². The van der Waals surface area contributed by atoms with Gasteiger partial charge >= 0.3 is 0 Å². The number of halogens is 3. The third kappa shape index (κ3) is 3.77. The lowest BCUT2D eigenvalue weighted by Crippen LogP contribution is -2.14. The van der Waals surface area contributed by atoms with Crippen molar-refractivity contribution in [1.82, 2.24) is 14.8 Å². The normalized spacial score (nSPS) is 10.5. The first-order chi connectivity index (χ1) is 12.9. The summed E-state index contributed by atoms with van der Waals surface area (Å²) >= 11 is 12.4. The van der Waals surface area contributed by atoms with Crippen LogP contribution in [0.2, 0.25) is 10.0 Å². The molecule has 0 bridgehead atoms. The zero-order valence-corrected chi connectivity index (χ0v) is 15.5. The molecule has 0 unspecified atom stereocenters. The Morgan fingerprint density at radius 1 is 1.30 bits per heavy atom. The fourth-order valence-electron chi connectivity index (χ4n) is 2.42. The van der Waals surface area contributed by atoms with Gasteiger partial charge in [-0.25, -0.2) is 14.1 Å². The molecule has 9 heteroatoms. The Morgan fingerprint density at radius 2 is 2.00 bits per heavy atom. The topological polar surface area (TPSA) is 83.6 Å². The number of nitriles is 1. The number of anilines is 1. The molecule has 0 saturated carbocycles. The van der Waals surface area contributed by atoms with Crippen LogP contribution in [0.4, 0.5) is 10.1 Å². The van der Waals surface area contributed by atoms with Crippen LogP contribution in [0.25, 0.3) is 5.69 Å². The average molecular weight is 404 g/mol. The maximum atomic E-state index is 13.4. The maximum Gasteiger partial charge on any atom is 0.295 e. The number of nitrogens with zero attached hydrogens (tertiary/aromatic N) is 4. The van der Waals surface area contributed by atoms with Crippen LogP contribution in [0.5, 0.6) is 0 Å². The monoisotopic (exact) mass is 403 g/mol. The lowest BCUT2D eigenvalue weighted by atomic mass is 10.2. The maximum absolute atomic E-state index is 13.4. The minimum atomic E-state index is -0.667. The van der Waals surface area contributed by atoms with E-state index in [9.17, 15) is 9.18 Å². The number of rotatable bonds is 4. The molecule has 3 rings (SSSR count). The molecule has 136 valence electrons. The largest absolute Gasteiger partial charge is 0.319 e. The molecular weight excluding hydrogens is 392 g/mol. The molecule has 0 saturated heterocycles. The van der Waals surface area contributed by atoms with Crippen molar-refractivity contribution in [3.63, 3.8) is 0 Å². The summed E-state index contributed by atoms with van der Waals surface area (Å²) in [7, 11) is 0. The Balaban J connectivity index is 1.95. The number of aryl methyl sites for hydroxylation is 1. The van der Waals surface area contributed by atoms with E-state index in [1.807, 2.05) is 6.92 Å². The van der Waals surface area contributed by atoms with E-state index in [2.05, 4.69) is 15.4 Å². The molecule has 1 amide bonds. The van der Waals surface area contributed by atoms with E-state index >= 15 is 0 Å². The average Bonchev–Trinajstić information content (AvgIpc) is 3.07. The fraction of sp³-hybridized carbons (Fsp3) is 0.111. The number of hydrogen-bond acceptors (Lipinski definition) is 4. The first-order valence-corrected chi connectivity index (χ1v) is 8.61. The number of carbonyl (C=O) groups is 1. The van der Waals surface area contributed by atoms with Crippen molar-refractivity contribution in [3.05, 3.63) is 69.5 Å². The van der Waals surface area contributed by atoms with Gasteiger partial charge in [-0.1, -0.05) is 36.2 Å². The number of para-hydroxylation sites is 1.